The maximum absolute atomic E-state index is 11.6. The highest BCUT2D eigenvalue weighted by molar-refractivity contribution is 7.11. The van der Waals surface area contributed by atoms with Crippen LogP contribution in [0.5, 0.6) is 0 Å². The Morgan fingerprint density at radius 3 is 1.50 bits per heavy atom. The molecular formula is C23H22O2Si. The molecule has 0 unspecified atom stereocenters. The molecule has 0 aliphatic rings. The molecule has 0 aromatic heterocycles. The molecule has 0 saturated carbocycles. The second-order valence-electron chi connectivity index (χ2n) is 6.13. The first-order valence-electron chi connectivity index (χ1n) is 8.73. The summed E-state index contributed by atoms with van der Waals surface area (Å²) in [5.74, 6) is -0.373. The van der Waals surface area contributed by atoms with Crippen molar-refractivity contribution in [2.45, 2.75) is 6.04 Å². The Morgan fingerprint density at radius 1 is 0.769 bits per heavy atom. The van der Waals surface area contributed by atoms with Gasteiger partial charge in [0.2, 0.25) is 0 Å². The zero-order valence-electron chi connectivity index (χ0n) is 14.7. The third kappa shape index (κ3) is 3.68. The van der Waals surface area contributed by atoms with E-state index >= 15 is 0 Å². The second kappa shape index (κ2) is 8.45. The van der Waals surface area contributed by atoms with Gasteiger partial charge in [-0.1, -0.05) is 97.6 Å². The van der Waals surface area contributed by atoms with Crippen molar-refractivity contribution in [2.75, 3.05) is 6.61 Å². The van der Waals surface area contributed by atoms with Gasteiger partial charge in [0.05, 0.1) is 6.61 Å². The van der Waals surface area contributed by atoms with Crippen molar-refractivity contribution in [3.8, 4) is 0 Å². The first kappa shape index (κ1) is 17.9. The van der Waals surface area contributed by atoms with Crippen molar-refractivity contribution in [3.63, 3.8) is 0 Å². The molecule has 0 spiro atoms. The second-order valence-corrected chi connectivity index (χ2v) is 10.2. The van der Waals surface area contributed by atoms with Crippen LogP contribution in [0.3, 0.4) is 0 Å². The molecule has 0 heterocycles. The van der Waals surface area contributed by atoms with E-state index in [2.05, 4.69) is 79.4 Å². The van der Waals surface area contributed by atoms with Crippen molar-refractivity contribution in [1.82, 2.24) is 0 Å². The summed E-state index contributed by atoms with van der Waals surface area (Å²) < 4.78 is 5.39. The predicted molar refractivity (Wildman–Crippen MR) is 110 cm³/mol. The molecule has 0 amide bonds. The number of esters is 1. The van der Waals surface area contributed by atoms with Crippen molar-refractivity contribution < 1.29 is 9.53 Å². The van der Waals surface area contributed by atoms with Crippen LogP contribution in [0.1, 0.15) is 0 Å². The normalized spacial score (nSPS) is 10.9. The Bertz CT molecular complexity index is 748. The summed E-state index contributed by atoms with van der Waals surface area (Å²) in [5, 5.41) is 3.94. The highest BCUT2D eigenvalue weighted by Gasteiger charge is 2.39. The number of carbonyl (C=O) groups is 1. The average molecular weight is 359 g/mol. The fourth-order valence-electron chi connectivity index (χ4n) is 3.46. The summed E-state index contributed by atoms with van der Waals surface area (Å²) >= 11 is 0. The third-order valence-corrected chi connectivity index (χ3v) is 9.60. The number of hydrogen-bond donors (Lipinski definition) is 0. The van der Waals surface area contributed by atoms with E-state index in [9.17, 15) is 4.79 Å². The van der Waals surface area contributed by atoms with Gasteiger partial charge in [0.25, 0.3) is 0 Å². The molecule has 0 N–H and O–H groups in total. The van der Waals surface area contributed by atoms with Gasteiger partial charge in [-0.2, -0.15) is 0 Å². The lowest BCUT2D eigenvalue weighted by Gasteiger charge is -2.33. The van der Waals surface area contributed by atoms with E-state index in [4.69, 9.17) is 4.74 Å². The molecule has 26 heavy (non-hydrogen) atoms. The van der Waals surface area contributed by atoms with Gasteiger partial charge in [0.15, 0.2) is 8.07 Å². The Morgan fingerprint density at radius 2 is 1.15 bits per heavy atom. The smallest absolute Gasteiger partial charge is 0.330 e. The fraction of sp³-hybridized carbons (Fsp3) is 0.0870. The largest absolute Gasteiger partial charge is 0.463 e. The molecule has 2 nitrogen and oxygen atoms in total. The monoisotopic (exact) mass is 358 g/mol. The molecule has 0 fully saturated rings. The number of hydrogen-bond acceptors (Lipinski definition) is 2. The van der Waals surface area contributed by atoms with E-state index in [1.165, 1.54) is 21.6 Å². The van der Waals surface area contributed by atoms with Crippen molar-refractivity contribution in [2.24, 2.45) is 0 Å². The van der Waals surface area contributed by atoms with Gasteiger partial charge in [-0.05, 0) is 21.6 Å². The summed E-state index contributed by atoms with van der Waals surface area (Å²) in [7, 11) is -2.31. The van der Waals surface area contributed by atoms with E-state index in [1.54, 1.807) is 0 Å². The summed E-state index contributed by atoms with van der Waals surface area (Å²) in [5.41, 5.74) is 0. The zero-order chi connectivity index (χ0) is 18.2. The molecule has 3 heteroatoms. The highest BCUT2D eigenvalue weighted by atomic mass is 28.3. The fourth-order valence-corrected chi connectivity index (χ4v) is 8.02. The van der Waals surface area contributed by atoms with Crippen LogP contribution in [0.4, 0.5) is 0 Å². The Kier molecular flexibility index (Phi) is 5.82. The van der Waals surface area contributed by atoms with E-state index in [0.29, 0.717) is 6.61 Å². The number of benzene rings is 3. The van der Waals surface area contributed by atoms with Crippen LogP contribution in [0.2, 0.25) is 6.04 Å². The number of ether oxygens (including phenoxy) is 1. The molecule has 130 valence electrons. The van der Waals surface area contributed by atoms with Crippen molar-refractivity contribution >= 4 is 29.6 Å². The van der Waals surface area contributed by atoms with Crippen LogP contribution in [-0.4, -0.2) is 20.7 Å². The third-order valence-electron chi connectivity index (χ3n) is 4.69. The van der Waals surface area contributed by atoms with Gasteiger partial charge in [0, 0.05) is 6.08 Å². The predicted octanol–water partition coefficient (Wildman–Crippen LogP) is 2.89. The van der Waals surface area contributed by atoms with Crippen LogP contribution in [-0.2, 0) is 9.53 Å². The molecule has 0 bridgehead atoms. The van der Waals surface area contributed by atoms with Gasteiger partial charge in [-0.25, -0.2) is 4.79 Å². The zero-order valence-corrected chi connectivity index (χ0v) is 15.7. The Balaban J connectivity index is 2.14. The van der Waals surface area contributed by atoms with E-state index in [-0.39, 0.29) is 5.97 Å². The van der Waals surface area contributed by atoms with Gasteiger partial charge >= 0.3 is 5.97 Å². The first-order valence-corrected chi connectivity index (χ1v) is 10.9. The Labute approximate surface area is 155 Å². The van der Waals surface area contributed by atoms with Crippen LogP contribution < -0.4 is 15.6 Å². The summed E-state index contributed by atoms with van der Waals surface area (Å²) in [6, 6.07) is 32.6. The van der Waals surface area contributed by atoms with E-state index < -0.39 is 8.07 Å². The lowest BCUT2D eigenvalue weighted by atomic mass is 10.3. The maximum Gasteiger partial charge on any atom is 0.330 e. The Hall–Kier alpha value is -2.91. The molecule has 3 rings (SSSR count). The molecule has 3 aromatic carbocycles. The molecule has 3 aromatic rings. The molecular weight excluding hydrogens is 336 g/mol. The highest BCUT2D eigenvalue weighted by Crippen LogP contribution is 2.13. The lowest BCUT2D eigenvalue weighted by molar-refractivity contribution is -0.137. The van der Waals surface area contributed by atoms with Crippen molar-refractivity contribution in [3.05, 3.63) is 104 Å². The van der Waals surface area contributed by atoms with Gasteiger partial charge in [-0.15, -0.1) is 0 Å². The maximum atomic E-state index is 11.6. The lowest BCUT2D eigenvalue weighted by Crippen LogP contribution is -2.67. The topological polar surface area (TPSA) is 26.3 Å². The van der Waals surface area contributed by atoms with Crippen LogP contribution in [0.25, 0.3) is 0 Å². The van der Waals surface area contributed by atoms with Gasteiger partial charge in [0.1, 0.15) is 0 Å². The van der Waals surface area contributed by atoms with Gasteiger partial charge < -0.3 is 4.74 Å². The molecule has 0 radical (unpaired) electrons. The minimum Gasteiger partial charge on any atom is -0.463 e. The molecule has 0 atom stereocenters. The summed E-state index contributed by atoms with van der Waals surface area (Å²) in [6.07, 6.45) is 1.22. The van der Waals surface area contributed by atoms with Crippen molar-refractivity contribution in [1.29, 1.82) is 0 Å². The SMILES string of the molecule is C=CC(=O)OCC[Si](c1ccccc1)(c1ccccc1)c1ccccc1. The first-order chi connectivity index (χ1) is 12.8. The number of rotatable bonds is 7. The average Bonchev–Trinajstić information content (AvgIpc) is 2.73. The minimum absolute atomic E-state index is 0.371. The van der Waals surface area contributed by atoms with Crippen LogP contribution >= 0.6 is 0 Å². The molecule has 0 aliphatic heterocycles. The summed E-state index contributed by atoms with van der Waals surface area (Å²) in [4.78, 5) is 11.6. The summed E-state index contributed by atoms with van der Waals surface area (Å²) in [6.45, 7) is 3.86. The van der Waals surface area contributed by atoms with Crippen LogP contribution in [0.15, 0.2) is 104 Å². The standard InChI is InChI=1S/C23H22O2Si/c1-2-23(24)25-18-19-26(20-12-6-3-7-13-20,21-14-8-4-9-15-21)22-16-10-5-11-17-22/h2-17H,1,18-19H2. The quantitative estimate of drug-likeness (QED) is 0.281. The minimum atomic E-state index is -2.31. The molecule has 0 aliphatic carbocycles. The van der Waals surface area contributed by atoms with E-state index in [0.717, 1.165) is 6.04 Å². The van der Waals surface area contributed by atoms with E-state index in [1.807, 2.05) is 18.2 Å². The number of carbonyl (C=O) groups excluding carboxylic acids is 1. The van der Waals surface area contributed by atoms with Crippen LogP contribution in [0, 0.1) is 0 Å². The van der Waals surface area contributed by atoms with Gasteiger partial charge in [-0.3, -0.25) is 0 Å². The molecule has 0 saturated heterocycles.